The van der Waals surface area contributed by atoms with Gasteiger partial charge in [0, 0.05) is 23.9 Å². The van der Waals surface area contributed by atoms with Crippen LogP contribution in [0.3, 0.4) is 0 Å². The molecule has 2 heterocycles. The summed E-state index contributed by atoms with van der Waals surface area (Å²) in [5.74, 6) is 0.0853. The second kappa shape index (κ2) is 9.01. The fourth-order valence-electron chi connectivity index (χ4n) is 3.35. The SMILES string of the molecule is CNC(O)c1c(-c2ccc(F)cc2)oc2nc(N(CCCC#N)S(C)(=O)=O)c(C)cc12. The van der Waals surface area contributed by atoms with Crippen molar-refractivity contribution >= 4 is 26.9 Å². The molecular weight excluding hydrogens is 423 g/mol. The van der Waals surface area contributed by atoms with Crippen molar-refractivity contribution in [3.05, 3.63) is 47.3 Å². The lowest BCUT2D eigenvalue weighted by molar-refractivity contribution is 0.150. The van der Waals surface area contributed by atoms with Gasteiger partial charge in [0.15, 0.2) is 0 Å². The number of aromatic nitrogens is 1. The van der Waals surface area contributed by atoms with E-state index >= 15 is 0 Å². The third kappa shape index (κ3) is 4.69. The number of benzene rings is 1. The van der Waals surface area contributed by atoms with Gasteiger partial charge in [-0.25, -0.2) is 12.8 Å². The summed E-state index contributed by atoms with van der Waals surface area (Å²) in [6.45, 7) is 1.81. The van der Waals surface area contributed by atoms with Crippen LogP contribution >= 0.6 is 0 Å². The number of pyridine rings is 1. The van der Waals surface area contributed by atoms with Crippen LogP contribution < -0.4 is 9.62 Å². The molecule has 10 heteroatoms. The summed E-state index contributed by atoms with van der Waals surface area (Å²) >= 11 is 0. The first kappa shape index (κ1) is 22.7. The number of nitriles is 1. The van der Waals surface area contributed by atoms with Crippen LogP contribution in [0.4, 0.5) is 10.2 Å². The van der Waals surface area contributed by atoms with Gasteiger partial charge in [-0.15, -0.1) is 0 Å². The molecule has 0 saturated heterocycles. The van der Waals surface area contributed by atoms with E-state index in [-0.39, 0.29) is 24.5 Å². The summed E-state index contributed by atoms with van der Waals surface area (Å²) in [7, 11) is -2.08. The van der Waals surface area contributed by atoms with Crippen molar-refractivity contribution in [2.24, 2.45) is 0 Å². The summed E-state index contributed by atoms with van der Waals surface area (Å²) in [5.41, 5.74) is 1.66. The quantitative estimate of drug-likeness (QED) is 0.403. The maximum Gasteiger partial charge on any atom is 0.233 e. The minimum Gasteiger partial charge on any atom is -0.437 e. The highest BCUT2D eigenvalue weighted by Gasteiger charge is 2.26. The van der Waals surface area contributed by atoms with E-state index in [0.717, 1.165) is 10.6 Å². The number of aliphatic hydroxyl groups excluding tert-OH is 1. The van der Waals surface area contributed by atoms with Crippen molar-refractivity contribution < 1.29 is 22.3 Å². The van der Waals surface area contributed by atoms with Crippen LogP contribution in [0.1, 0.15) is 30.2 Å². The van der Waals surface area contributed by atoms with E-state index in [4.69, 9.17) is 9.68 Å². The summed E-state index contributed by atoms with van der Waals surface area (Å²) in [4.78, 5) is 4.45. The van der Waals surface area contributed by atoms with E-state index in [2.05, 4.69) is 10.3 Å². The Labute approximate surface area is 180 Å². The number of aliphatic hydroxyl groups is 1. The van der Waals surface area contributed by atoms with Crippen LogP contribution in [0, 0.1) is 24.1 Å². The third-order valence-electron chi connectivity index (χ3n) is 4.82. The van der Waals surface area contributed by atoms with Crippen LogP contribution in [0.2, 0.25) is 0 Å². The Kier molecular flexibility index (Phi) is 6.59. The number of anilines is 1. The number of hydrogen-bond donors (Lipinski definition) is 2. The second-order valence-corrected chi connectivity index (χ2v) is 9.03. The van der Waals surface area contributed by atoms with Gasteiger partial charge in [0.25, 0.3) is 0 Å². The maximum atomic E-state index is 13.4. The van der Waals surface area contributed by atoms with Crippen LogP contribution in [0.25, 0.3) is 22.4 Å². The Balaban J connectivity index is 2.21. The summed E-state index contributed by atoms with van der Waals surface area (Å²) in [6, 6.07) is 9.31. The van der Waals surface area contributed by atoms with Gasteiger partial charge in [0.05, 0.1) is 17.9 Å². The third-order valence-corrected chi connectivity index (χ3v) is 5.98. The lowest BCUT2D eigenvalue weighted by Gasteiger charge is -2.22. The van der Waals surface area contributed by atoms with Crippen molar-refractivity contribution in [3.8, 4) is 17.4 Å². The molecule has 1 atom stereocenters. The monoisotopic (exact) mass is 446 g/mol. The Morgan fingerprint density at radius 2 is 2.03 bits per heavy atom. The van der Waals surface area contributed by atoms with E-state index < -0.39 is 22.1 Å². The normalized spacial score (nSPS) is 12.6. The van der Waals surface area contributed by atoms with E-state index in [1.807, 2.05) is 6.07 Å². The van der Waals surface area contributed by atoms with E-state index in [9.17, 15) is 17.9 Å². The zero-order valence-electron chi connectivity index (χ0n) is 17.4. The zero-order valence-corrected chi connectivity index (χ0v) is 18.2. The van der Waals surface area contributed by atoms with E-state index in [1.54, 1.807) is 20.0 Å². The number of halogens is 1. The molecule has 0 aliphatic heterocycles. The molecule has 0 fully saturated rings. The largest absolute Gasteiger partial charge is 0.437 e. The van der Waals surface area contributed by atoms with Gasteiger partial charge < -0.3 is 9.52 Å². The number of nitrogens with zero attached hydrogens (tertiary/aromatic N) is 3. The lowest BCUT2D eigenvalue weighted by Crippen LogP contribution is -2.32. The van der Waals surface area contributed by atoms with Gasteiger partial charge in [-0.1, -0.05) is 0 Å². The van der Waals surface area contributed by atoms with Gasteiger partial charge >= 0.3 is 0 Å². The van der Waals surface area contributed by atoms with Crippen LogP contribution in [0.15, 0.2) is 34.7 Å². The minimum atomic E-state index is -3.65. The molecule has 0 radical (unpaired) electrons. The number of aryl methyl sites for hydroxylation is 1. The molecule has 3 rings (SSSR count). The predicted octanol–water partition coefficient (Wildman–Crippen LogP) is 3.22. The van der Waals surface area contributed by atoms with Gasteiger partial charge in [-0.3, -0.25) is 9.62 Å². The van der Waals surface area contributed by atoms with Crippen molar-refractivity contribution in [1.82, 2.24) is 10.3 Å². The highest BCUT2D eigenvalue weighted by atomic mass is 32.2. The number of nitrogens with one attached hydrogen (secondary N) is 1. The minimum absolute atomic E-state index is 0.100. The first-order chi connectivity index (χ1) is 14.7. The van der Waals surface area contributed by atoms with Gasteiger partial charge in [0.2, 0.25) is 15.7 Å². The second-order valence-electron chi connectivity index (χ2n) is 7.12. The maximum absolute atomic E-state index is 13.4. The number of fused-ring (bicyclic) bond motifs is 1. The number of unbranched alkanes of at least 4 members (excludes halogenated alkanes) is 1. The first-order valence-electron chi connectivity index (χ1n) is 9.57. The lowest BCUT2D eigenvalue weighted by atomic mass is 10.0. The number of sulfonamides is 1. The molecule has 0 aliphatic rings. The molecular formula is C21H23FN4O4S. The molecule has 0 spiro atoms. The average molecular weight is 447 g/mol. The molecule has 8 nitrogen and oxygen atoms in total. The topological polar surface area (TPSA) is 119 Å². The van der Waals surface area contributed by atoms with Gasteiger partial charge in [-0.2, -0.15) is 10.2 Å². The van der Waals surface area contributed by atoms with Crippen molar-refractivity contribution in [2.45, 2.75) is 26.0 Å². The van der Waals surface area contributed by atoms with Crippen LogP contribution in [-0.4, -0.2) is 38.4 Å². The predicted molar refractivity (Wildman–Crippen MR) is 115 cm³/mol. The molecule has 2 N–H and O–H groups in total. The Hall–Kier alpha value is -3.00. The smallest absolute Gasteiger partial charge is 0.233 e. The summed E-state index contributed by atoms with van der Waals surface area (Å²) < 4.78 is 45.2. The average Bonchev–Trinajstić information content (AvgIpc) is 3.08. The molecule has 0 bridgehead atoms. The van der Waals surface area contributed by atoms with Gasteiger partial charge in [0.1, 0.15) is 23.6 Å². The number of rotatable bonds is 8. The fraction of sp³-hybridized carbons (Fsp3) is 0.333. The number of hydrogen-bond acceptors (Lipinski definition) is 7. The Bertz CT molecular complexity index is 1230. The van der Waals surface area contributed by atoms with Crippen molar-refractivity contribution in [1.29, 1.82) is 5.26 Å². The number of furan rings is 1. The first-order valence-corrected chi connectivity index (χ1v) is 11.4. The molecule has 1 aromatic carbocycles. The van der Waals surface area contributed by atoms with Crippen molar-refractivity contribution in [2.75, 3.05) is 24.2 Å². The summed E-state index contributed by atoms with van der Waals surface area (Å²) in [5, 5.41) is 22.6. The molecule has 0 aliphatic carbocycles. The van der Waals surface area contributed by atoms with Crippen molar-refractivity contribution in [3.63, 3.8) is 0 Å². The molecule has 1 unspecified atom stereocenters. The van der Waals surface area contributed by atoms with Crippen LogP contribution in [-0.2, 0) is 10.0 Å². The Morgan fingerprint density at radius 1 is 1.35 bits per heavy atom. The standard InChI is InChI=1S/C21H23FN4O4S/c1-13-12-16-17(20(27)24-2)18(14-6-8-15(22)9-7-14)30-21(16)25-19(13)26(31(3,28)29)11-5-4-10-23/h6-9,12,20,24,27H,4-5,11H2,1-3H3. The molecule has 0 saturated carbocycles. The molecule has 31 heavy (non-hydrogen) atoms. The highest BCUT2D eigenvalue weighted by molar-refractivity contribution is 7.92. The van der Waals surface area contributed by atoms with E-state index in [1.165, 1.54) is 24.3 Å². The van der Waals surface area contributed by atoms with Gasteiger partial charge in [-0.05, 0) is 56.3 Å². The molecule has 0 amide bonds. The molecule has 3 aromatic rings. The Morgan fingerprint density at radius 3 is 2.61 bits per heavy atom. The fourth-order valence-corrected chi connectivity index (χ4v) is 4.31. The summed E-state index contributed by atoms with van der Waals surface area (Å²) in [6.07, 6.45) is 0.551. The zero-order chi connectivity index (χ0) is 22.8. The van der Waals surface area contributed by atoms with Crippen LogP contribution in [0.5, 0.6) is 0 Å². The highest BCUT2D eigenvalue weighted by Crippen LogP contribution is 2.38. The van der Waals surface area contributed by atoms with E-state index in [0.29, 0.717) is 34.3 Å². The molecule has 2 aromatic heterocycles. The molecule has 164 valence electrons.